The maximum absolute atomic E-state index is 9.79. The molecule has 3 aromatic rings. The fraction of sp³-hybridized carbons (Fsp3) is 0.304. The Balaban J connectivity index is 1.79. The van der Waals surface area contributed by atoms with Crippen LogP contribution in [-0.4, -0.2) is 37.2 Å². The van der Waals surface area contributed by atoms with Crippen molar-refractivity contribution in [3.05, 3.63) is 54.2 Å². The first kappa shape index (κ1) is 19.2. The average molecular weight is 390 g/mol. The Morgan fingerprint density at radius 1 is 1.17 bits per heavy atom. The molecule has 0 bridgehead atoms. The van der Waals surface area contributed by atoms with E-state index in [1.54, 1.807) is 7.11 Å². The Morgan fingerprint density at radius 3 is 2.62 bits per heavy atom. The summed E-state index contributed by atoms with van der Waals surface area (Å²) in [6, 6.07) is 17.6. The van der Waals surface area contributed by atoms with E-state index in [4.69, 9.17) is 18.9 Å². The molecule has 148 valence electrons. The molecule has 1 fully saturated rings. The van der Waals surface area contributed by atoms with Crippen molar-refractivity contribution >= 4 is 10.8 Å². The quantitative estimate of drug-likeness (QED) is 0.646. The Kier molecular flexibility index (Phi) is 5.10. The first-order valence-corrected chi connectivity index (χ1v) is 9.42. The molecule has 1 aliphatic rings. The number of benzene rings is 2. The van der Waals surface area contributed by atoms with Crippen LogP contribution in [0.3, 0.4) is 0 Å². The molecule has 1 unspecified atom stereocenters. The largest absolute Gasteiger partial charge is 0.497 e. The number of nitrogens with zero attached hydrogens (tertiary/aromatic N) is 2. The van der Waals surface area contributed by atoms with Crippen molar-refractivity contribution in [3.63, 3.8) is 0 Å². The molecule has 6 nitrogen and oxygen atoms in total. The summed E-state index contributed by atoms with van der Waals surface area (Å²) in [7, 11) is 1.62. The van der Waals surface area contributed by atoms with E-state index in [1.165, 1.54) is 0 Å². The van der Waals surface area contributed by atoms with Gasteiger partial charge in [-0.25, -0.2) is 4.98 Å². The molecular formula is C23H22N2O4. The number of hydrogen-bond acceptors (Lipinski definition) is 6. The fourth-order valence-electron chi connectivity index (χ4n) is 3.49. The number of ether oxygens (including phenoxy) is 4. The van der Waals surface area contributed by atoms with E-state index in [0.29, 0.717) is 23.9 Å². The molecule has 6 heteroatoms. The zero-order valence-corrected chi connectivity index (χ0v) is 16.6. The monoisotopic (exact) mass is 390 g/mol. The number of methoxy groups -OCH3 is 1. The van der Waals surface area contributed by atoms with Crippen LogP contribution >= 0.6 is 0 Å². The summed E-state index contributed by atoms with van der Waals surface area (Å²) in [6.45, 7) is 4.48. The van der Waals surface area contributed by atoms with Crippen LogP contribution in [0.4, 0.5) is 0 Å². The zero-order valence-electron chi connectivity index (χ0n) is 16.6. The van der Waals surface area contributed by atoms with Crippen molar-refractivity contribution in [2.75, 3.05) is 20.3 Å². The van der Waals surface area contributed by atoms with Gasteiger partial charge in [0.25, 0.3) is 0 Å². The highest BCUT2D eigenvalue weighted by atomic mass is 16.7. The second kappa shape index (κ2) is 7.70. The lowest BCUT2D eigenvalue weighted by molar-refractivity contribution is -0.141. The van der Waals surface area contributed by atoms with Gasteiger partial charge >= 0.3 is 0 Å². The topological polar surface area (TPSA) is 73.6 Å². The Morgan fingerprint density at radius 2 is 1.97 bits per heavy atom. The number of nitriles is 1. The fourth-order valence-corrected chi connectivity index (χ4v) is 3.49. The molecule has 0 amide bonds. The van der Waals surface area contributed by atoms with Crippen molar-refractivity contribution in [2.45, 2.75) is 25.7 Å². The molecule has 1 saturated heterocycles. The predicted octanol–water partition coefficient (Wildman–Crippen LogP) is 4.31. The van der Waals surface area contributed by atoms with E-state index in [0.717, 1.165) is 21.9 Å². The first-order chi connectivity index (χ1) is 14.0. The van der Waals surface area contributed by atoms with Gasteiger partial charge < -0.3 is 18.9 Å². The van der Waals surface area contributed by atoms with Crippen LogP contribution in [0.15, 0.2) is 48.5 Å². The molecule has 0 saturated carbocycles. The van der Waals surface area contributed by atoms with Crippen molar-refractivity contribution in [3.8, 4) is 28.8 Å². The van der Waals surface area contributed by atoms with Crippen molar-refractivity contribution in [1.29, 1.82) is 5.26 Å². The van der Waals surface area contributed by atoms with Gasteiger partial charge in [0, 0.05) is 16.3 Å². The highest BCUT2D eigenvalue weighted by Crippen LogP contribution is 2.37. The minimum atomic E-state index is -0.619. The van der Waals surface area contributed by atoms with Crippen LogP contribution in [-0.2, 0) is 9.47 Å². The minimum Gasteiger partial charge on any atom is -0.497 e. The summed E-state index contributed by atoms with van der Waals surface area (Å²) in [5, 5.41) is 11.4. The Labute approximate surface area is 169 Å². The molecule has 2 aromatic carbocycles. The van der Waals surface area contributed by atoms with Gasteiger partial charge in [-0.2, -0.15) is 5.26 Å². The molecule has 0 spiro atoms. The molecule has 0 radical (unpaired) electrons. The van der Waals surface area contributed by atoms with Crippen molar-refractivity contribution in [2.24, 2.45) is 0 Å². The summed E-state index contributed by atoms with van der Waals surface area (Å²) in [5.41, 5.74) is 1.97. The second-order valence-electron chi connectivity index (χ2n) is 7.29. The number of pyridine rings is 1. The molecule has 2 heterocycles. The first-order valence-electron chi connectivity index (χ1n) is 9.42. The van der Waals surface area contributed by atoms with E-state index in [9.17, 15) is 5.26 Å². The Hall–Kier alpha value is -3.14. The summed E-state index contributed by atoms with van der Waals surface area (Å²) < 4.78 is 22.8. The molecule has 29 heavy (non-hydrogen) atoms. The standard InChI is InChI=1S/C23H22N2O4/c1-23(2)28-14-17(29-23)13-27-22-18-10-9-16(26-3)11-19(18)21(20(12-24)25-22)15-7-5-4-6-8-15/h4-11,17H,13-14H2,1-3H3. The van der Waals surface area contributed by atoms with E-state index < -0.39 is 5.79 Å². The number of rotatable bonds is 5. The van der Waals surface area contributed by atoms with Gasteiger partial charge in [0.1, 0.15) is 24.5 Å². The minimum absolute atomic E-state index is 0.195. The van der Waals surface area contributed by atoms with Gasteiger partial charge in [-0.15, -0.1) is 0 Å². The van der Waals surface area contributed by atoms with E-state index in [2.05, 4.69) is 11.1 Å². The zero-order chi connectivity index (χ0) is 20.4. The number of aromatic nitrogens is 1. The maximum Gasteiger partial charge on any atom is 0.222 e. The predicted molar refractivity (Wildman–Crippen MR) is 109 cm³/mol. The molecule has 1 atom stereocenters. The van der Waals surface area contributed by atoms with Crippen LogP contribution in [0.25, 0.3) is 21.9 Å². The SMILES string of the molecule is COc1ccc2c(OCC3COC(C)(C)O3)nc(C#N)c(-c3ccccc3)c2c1. The van der Waals surface area contributed by atoms with E-state index >= 15 is 0 Å². The molecule has 4 rings (SSSR count). The third kappa shape index (κ3) is 3.88. The average Bonchev–Trinajstić information content (AvgIpc) is 3.10. The molecule has 0 aliphatic carbocycles. The summed E-state index contributed by atoms with van der Waals surface area (Å²) in [6.07, 6.45) is -0.195. The third-order valence-electron chi connectivity index (χ3n) is 4.82. The maximum atomic E-state index is 9.79. The van der Waals surface area contributed by atoms with Crippen LogP contribution in [0.5, 0.6) is 11.6 Å². The van der Waals surface area contributed by atoms with Gasteiger partial charge in [0.05, 0.1) is 13.7 Å². The van der Waals surface area contributed by atoms with Gasteiger partial charge in [-0.1, -0.05) is 30.3 Å². The van der Waals surface area contributed by atoms with E-state index in [-0.39, 0.29) is 12.7 Å². The number of fused-ring (bicyclic) bond motifs is 1. The number of hydrogen-bond donors (Lipinski definition) is 0. The molecule has 1 aliphatic heterocycles. The van der Waals surface area contributed by atoms with Crippen LogP contribution in [0, 0.1) is 11.3 Å². The highest BCUT2D eigenvalue weighted by molar-refractivity contribution is 6.01. The molecular weight excluding hydrogens is 368 g/mol. The lowest BCUT2D eigenvalue weighted by atomic mass is 9.97. The van der Waals surface area contributed by atoms with Crippen molar-refractivity contribution in [1.82, 2.24) is 4.98 Å². The summed E-state index contributed by atoms with van der Waals surface area (Å²) in [5.74, 6) is 0.475. The van der Waals surface area contributed by atoms with Gasteiger partial charge in [0.2, 0.25) is 5.88 Å². The van der Waals surface area contributed by atoms with Crippen LogP contribution < -0.4 is 9.47 Å². The summed E-state index contributed by atoms with van der Waals surface area (Å²) in [4.78, 5) is 4.53. The summed E-state index contributed by atoms with van der Waals surface area (Å²) >= 11 is 0. The molecule has 0 N–H and O–H groups in total. The van der Waals surface area contributed by atoms with Crippen LogP contribution in [0.2, 0.25) is 0 Å². The van der Waals surface area contributed by atoms with Gasteiger partial charge in [-0.05, 0) is 37.6 Å². The smallest absolute Gasteiger partial charge is 0.222 e. The van der Waals surface area contributed by atoms with E-state index in [1.807, 2.05) is 62.4 Å². The van der Waals surface area contributed by atoms with Gasteiger partial charge in [-0.3, -0.25) is 0 Å². The Bertz CT molecular complexity index is 1070. The van der Waals surface area contributed by atoms with Crippen LogP contribution in [0.1, 0.15) is 19.5 Å². The second-order valence-corrected chi connectivity index (χ2v) is 7.29. The normalized spacial score (nSPS) is 17.8. The molecule has 1 aromatic heterocycles. The van der Waals surface area contributed by atoms with Gasteiger partial charge in [0.15, 0.2) is 11.5 Å². The lowest BCUT2D eigenvalue weighted by Crippen LogP contribution is -2.25. The van der Waals surface area contributed by atoms with Crippen molar-refractivity contribution < 1.29 is 18.9 Å². The lowest BCUT2D eigenvalue weighted by Gasteiger charge is -2.18. The highest BCUT2D eigenvalue weighted by Gasteiger charge is 2.33. The third-order valence-corrected chi connectivity index (χ3v) is 4.82.